The van der Waals surface area contributed by atoms with E-state index < -0.39 is 0 Å². The van der Waals surface area contributed by atoms with Gasteiger partial charge in [0.15, 0.2) is 0 Å². The Hall–Kier alpha value is -1.51. The van der Waals surface area contributed by atoms with E-state index in [1.165, 1.54) is 6.07 Å². The van der Waals surface area contributed by atoms with Gasteiger partial charge in [0.1, 0.15) is 5.65 Å². The minimum Gasteiger partial charge on any atom is -0.348 e. The van der Waals surface area contributed by atoms with Crippen LogP contribution in [-0.2, 0) is 0 Å². The molecule has 2 aromatic heterocycles. The summed E-state index contributed by atoms with van der Waals surface area (Å²) in [7, 11) is 0. The summed E-state index contributed by atoms with van der Waals surface area (Å²) in [5.41, 5.74) is 0.599. The van der Waals surface area contributed by atoms with Crippen LogP contribution in [0, 0.1) is 6.07 Å². The van der Waals surface area contributed by atoms with Crippen molar-refractivity contribution in [1.82, 2.24) is 9.97 Å². The lowest BCUT2D eigenvalue weighted by molar-refractivity contribution is 1.26. The van der Waals surface area contributed by atoms with Crippen LogP contribution < -0.4 is 5.56 Å². The van der Waals surface area contributed by atoms with Gasteiger partial charge in [-0.3, -0.25) is 4.79 Å². The molecule has 10 heavy (non-hydrogen) atoms. The SMILES string of the molecule is O=c1c[c]c2cc[nH]c2[nH]1. The Kier molecular flexibility index (Phi) is 0.917. The molecule has 3 heteroatoms. The van der Waals surface area contributed by atoms with Crippen molar-refractivity contribution in [3.05, 3.63) is 34.7 Å². The standard InChI is InChI=1S/C7H5N2O/c10-6-2-1-5-3-4-8-7(5)9-6/h2-4H,(H2,8,9,10). The molecule has 1 radical (unpaired) electrons. The van der Waals surface area contributed by atoms with E-state index >= 15 is 0 Å². The lowest BCUT2D eigenvalue weighted by atomic mass is 10.3. The van der Waals surface area contributed by atoms with Crippen LogP contribution in [0.15, 0.2) is 23.1 Å². The first-order valence-corrected chi connectivity index (χ1v) is 2.94. The van der Waals surface area contributed by atoms with Gasteiger partial charge in [0, 0.05) is 17.6 Å². The maximum atomic E-state index is 10.7. The predicted molar refractivity (Wildman–Crippen MR) is 37.8 cm³/mol. The van der Waals surface area contributed by atoms with E-state index in [4.69, 9.17) is 0 Å². The molecule has 0 aliphatic heterocycles. The van der Waals surface area contributed by atoms with Crippen molar-refractivity contribution >= 4 is 11.0 Å². The largest absolute Gasteiger partial charge is 0.348 e. The van der Waals surface area contributed by atoms with Crippen LogP contribution in [0.3, 0.4) is 0 Å². The summed E-state index contributed by atoms with van der Waals surface area (Å²) in [6, 6.07) is 6.06. The zero-order valence-corrected chi connectivity index (χ0v) is 5.14. The number of aromatic nitrogens is 2. The minimum atomic E-state index is -0.130. The second kappa shape index (κ2) is 1.73. The molecule has 0 aliphatic carbocycles. The first-order valence-electron chi connectivity index (χ1n) is 2.94. The molecule has 0 aromatic carbocycles. The van der Waals surface area contributed by atoms with Crippen LogP contribution in [0.25, 0.3) is 11.0 Å². The molecule has 2 aromatic rings. The van der Waals surface area contributed by atoms with Gasteiger partial charge >= 0.3 is 0 Å². The van der Waals surface area contributed by atoms with Crippen molar-refractivity contribution in [2.45, 2.75) is 0 Å². The van der Waals surface area contributed by atoms with Gasteiger partial charge in [-0.2, -0.15) is 0 Å². The monoisotopic (exact) mass is 133 g/mol. The van der Waals surface area contributed by atoms with Crippen molar-refractivity contribution < 1.29 is 0 Å². The summed E-state index contributed by atoms with van der Waals surface area (Å²) < 4.78 is 0. The summed E-state index contributed by atoms with van der Waals surface area (Å²) >= 11 is 0. The number of hydrogen-bond acceptors (Lipinski definition) is 1. The predicted octanol–water partition coefficient (Wildman–Crippen LogP) is 0.656. The third-order valence-corrected chi connectivity index (χ3v) is 1.35. The normalized spacial score (nSPS) is 10.4. The summed E-state index contributed by atoms with van der Waals surface area (Å²) in [6.45, 7) is 0. The highest BCUT2D eigenvalue weighted by molar-refractivity contribution is 5.73. The van der Waals surface area contributed by atoms with E-state index in [1.807, 2.05) is 6.07 Å². The van der Waals surface area contributed by atoms with Crippen LogP contribution >= 0.6 is 0 Å². The van der Waals surface area contributed by atoms with E-state index in [0.717, 1.165) is 11.0 Å². The quantitative estimate of drug-likeness (QED) is 0.544. The van der Waals surface area contributed by atoms with Crippen LogP contribution in [0.4, 0.5) is 0 Å². The van der Waals surface area contributed by atoms with Crippen molar-refractivity contribution in [3.8, 4) is 0 Å². The molecule has 0 bridgehead atoms. The lowest BCUT2D eigenvalue weighted by Crippen LogP contribution is -2.01. The number of fused-ring (bicyclic) bond motifs is 1. The van der Waals surface area contributed by atoms with Crippen molar-refractivity contribution in [3.63, 3.8) is 0 Å². The summed E-state index contributed by atoms with van der Waals surface area (Å²) in [5, 5.41) is 0.902. The number of hydrogen-bond donors (Lipinski definition) is 2. The van der Waals surface area contributed by atoms with Gasteiger partial charge in [0.25, 0.3) is 0 Å². The van der Waals surface area contributed by atoms with Crippen molar-refractivity contribution in [1.29, 1.82) is 0 Å². The van der Waals surface area contributed by atoms with E-state index in [2.05, 4.69) is 16.0 Å². The first-order chi connectivity index (χ1) is 4.86. The molecule has 2 N–H and O–H groups in total. The molecule has 0 saturated heterocycles. The Morgan fingerprint density at radius 2 is 2.40 bits per heavy atom. The molecule has 49 valence electrons. The van der Waals surface area contributed by atoms with Crippen molar-refractivity contribution in [2.75, 3.05) is 0 Å². The molecule has 0 atom stereocenters. The van der Waals surface area contributed by atoms with Gasteiger partial charge in [-0.25, -0.2) is 0 Å². The second-order valence-corrected chi connectivity index (χ2v) is 2.04. The molecule has 0 spiro atoms. The molecule has 0 amide bonds. The van der Waals surface area contributed by atoms with Gasteiger partial charge in [0.2, 0.25) is 5.56 Å². The zero-order valence-electron chi connectivity index (χ0n) is 5.14. The van der Waals surface area contributed by atoms with E-state index in [0.29, 0.717) is 0 Å². The summed E-state index contributed by atoms with van der Waals surface area (Å²) in [4.78, 5) is 16.2. The Bertz CT molecular complexity index is 399. The number of H-pyrrole nitrogens is 2. The van der Waals surface area contributed by atoms with E-state index in [9.17, 15) is 4.79 Å². The van der Waals surface area contributed by atoms with E-state index in [-0.39, 0.29) is 5.56 Å². The van der Waals surface area contributed by atoms with Crippen LogP contribution in [-0.4, -0.2) is 9.97 Å². The first kappa shape index (κ1) is 5.29. The van der Waals surface area contributed by atoms with Crippen LogP contribution in [0.5, 0.6) is 0 Å². The summed E-state index contributed by atoms with van der Waals surface area (Å²) in [5.74, 6) is 0. The van der Waals surface area contributed by atoms with Crippen LogP contribution in [0.1, 0.15) is 0 Å². The van der Waals surface area contributed by atoms with Gasteiger partial charge in [-0.15, -0.1) is 0 Å². The smallest absolute Gasteiger partial charge is 0.250 e. The molecule has 0 aliphatic rings. The number of rotatable bonds is 0. The molecule has 0 saturated carbocycles. The Balaban J connectivity index is 2.99. The molecular formula is C7H5N2O. The van der Waals surface area contributed by atoms with Crippen LogP contribution in [0.2, 0.25) is 0 Å². The highest BCUT2D eigenvalue weighted by atomic mass is 16.1. The van der Waals surface area contributed by atoms with Gasteiger partial charge in [-0.05, 0) is 12.1 Å². The Morgan fingerprint density at radius 3 is 3.30 bits per heavy atom. The molecular weight excluding hydrogens is 128 g/mol. The average molecular weight is 133 g/mol. The lowest BCUT2D eigenvalue weighted by Gasteiger charge is -1.84. The maximum Gasteiger partial charge on any atom is 0.250 e. The number of pyridine rings is 1. The molecule has 3 nitrogen and oxygen atoms in total. The Morgan fingerprint density at radius 1 is 1.50 bits per heavy atom. The fourth-order valence-corrected chi connectivity index (χ4v) is 0.896. The topological polar surface area (TPSA) is 48.6 Å². The summed E-state index contributed by atoms with van der Waals surface area (Å²) in [6.07, 6.45) is 1.76. The fraction of sp³-hybridized carbons (Fsp3) is 0. The maximum absolute atomic E-state index is 10.7. The van der Waals surface area contributed by atoms with Gasteiger partial charge < -0.3 is 9.97 Å². The Labute approximate surface area is 56.7 Å². The highest BCUT2D eigenvalue weighted by Crippen LogP contribution is 2.03. The number of nitrogens with one attached hydrogen (secondary N) is 2. The third-order valence-electron chi connectivity index (χ3n) is 1.35. The molecule has 2 heterocycles. The second-order valence-electron chi connectivity index (χ2n) is 2.04. The average Bonchev–Trinajstić information content (AvgIpc) is 2.33. The van der Waals surface area contributed by atoms with Crippen molar-refractivity contribution in [2.24, 2.45) is 0 Å². The fourth-order valence-electron chi connectivity index (χ4n) is 0.896. The third kappa shape index (κ3) is 0.639. The molecule has 0 fully saturated rings. The highest BCUT2D eigenvalue weighted by Gasteiger charge is 1.91. The zero-order chi connectivity index (χ0) is 6.97. The van der Waals surface area contributed by atoms with Gasteiger partial charge in [-0.1, -0.05) is 0 Å². The van der Waals surface area contributed by atoms with E-state index in [1.54, 1.807) is 6.20 Å². The number of aromatic amines is 2. The molecule has 2 rings (SSSR count). The van der Waals surface area contributed by atoms with Gasteiger partial charge in [0.05, 0.1) is 0 Å². The molecule has 0 unspecified atom stereocenters. The minimum absolute atomic E-state index is 0.130.